The second-order valence-corrected chi connectivity index (χ2v) is 16.6. The number of hydrogen-bond acceptors (Lipinski definition) is 5. The van der Waals surface area contributed by atoms with Gasteiger partial charge < -0.3 is 13.7 Å². The minimum absolute atomic E-state index is 0.831. The van der Waals surface area contributed by atoms with E-state index < -0.39 is 0 Å². The molecule has 10 rings (SSSR count). The molecule has 0 saturated heterocycles. The minimum Gasteiger partial charge on any atom is -0.461 e. The number of hydrogen-bond donors (Lipinski definition) is 0. The van der Waals surface area contributed by atoms with Crippen LogP contribution >= 0.6 is 0 Å². The van der Waals surface area contributed by atoms with Crippen molar-refractivity contribution in [2.45, 2.75) is 41.5 Å². The number of aromatic nitrogens is 2. The molecule has 0 bridgehead atoms. The highest BCUT2D eigenvalue weighted by Crippen LogP contribution is 2.46. The molecule has 0 aliphatic carbocycles. The summed E-state index contributed by atoms with van der Waals surface area (Å²) < 4.78 is 13.0. The van der Waals surface area contributed by atoms with Gasteiger partial charge in [-0.05, 0) is 158 Å². The molecule has 0 aliphatic heterocycles. The Balaban J connectivity index is 1.26. The number of pyridine rings is 2. The van der Waals surface area contributed by atoms with Gasteiger partial charge in [0.05, 0.1) is 17.1 Å². The summed E-state index contributed by atoms with van der Waals surface area (Å²) in [6.45, 7) is 12.5. The van der Waals surface area contributed by atoms with Gasteiger partial charge in [-0.1, -0.05) is 97.1 Å². The van der Waals surface area contributed by atoms with Gasteiger partial charge in [0.25, 0.3) is 0 Å². The maximum absolute atomic E-state index is 6.49. The second kappa shape index (κ2) is 16.3. The molecule has 10 aromatic rings. The standard InChI is InChI=1S/C58H47N3O2/c1-36-24-40(5)62-57(36)47-26-45(54-32-52(38(3)34-59-54)43-16-9-7-10-17-43)28-49(30-47)61(56-23-15-21-42-20-13-14-22-51(42)56)50-29-46(27-48(31-50)58-37(2)25-41(6)63-58)55-33-53(39(4)35-60-55)44-18-11-8-12-19-44/h7-35H,1-6H3. The van der Waals surface area contributed by atoms with E-state index in [-0.39, 0.29) is 0 Å². The van der Waals surface area contributed by atoms with Crippen LogP contribution < -0.4 is 4.90 Å². The van der Waals surface area contributed by atoms with E-state index in [9.17, 15) is 0 Å². The SMILES string of the molecule is Cc1cc(C)c(-c2cc(-c3cc(-c4ccccc4)c(C)cn3)cc(N(c3cc(-c4cc(-c5ccccc5)c(C)cn4)cc(-c4oc(C)cc4C)c3)c3cccc4ccccc34)c2)o1. The van der Waals surface area contributed by atoms with E-state index >= 15 is 0 Å². The van der Waals surface area contributed by atoms with E-state index in [0.29, 0.717) is 0 Å². The molecular weight excluding hydrogens is 771 g/mol. The monoisotopic (exact) mass is 817 g/mol. The third-order valence-electron chi connectivity index (χ3n) is 11.9. The number of benzene rings is 6. The number of rotatable bonds is 9. The molecule has 4 aromatic heterocycles. The molecule has 4 heterocycles. The highest BCUT2D eigenvalue weighted by atomic mass is 16.3. The Labute approximate surface area is 369 Å². The van der Waals surface area contributed by atoms with Gasteiger partial charge in [0, 0.05) is 51.4 Å². The third-order valence-corrected chi connectivity index (χ3v) is 11.9. The molecule has 306 valence electrons. The van der Waals surface area contributed by atoms with Crippen molar-refractivity contribution in [2.75, 3.05) is 4.90 Å². The second-order valence-electron chi connectivity index (χ2n) is 16.6. The Kier molecular flexibility index (Phi) is 10.2. The van der Waals surface area contributed by atoms with Crippen molar-refractivity contribution >= 4 is 27.8 Å². The van der Waals surface area contributed by atoms with E-state index in [1.54, 1.807) is 0 Å². The number of anilines is 3. The average Bonchev–Trinajstić information content (AvgIpc) is 3.84. The van der Waals surface area contributed by atoms with Gasteiger partial charge >= 0.3 is 0 Å². The summed E-state index contributed by atoms with van der Waals surface area (Å²) in [6.07, 6.45) is 3.97. The predicted molar refractivity (Wildman–Crippen MR) is 260 cm³/mol. The molecule has 5 heteroatoms. The summed E-state index contributed by atoms with van der Waals surface area (Å²) in [5.41, 5.74) is 17.5. The number of aryl methyl sites for hydroxylation is 6. The Bertz CT molecular complexity index is 3120. The van der Waals surface area contributed by atoms with Crippen molar-refractivity contribution in [3.05, 3.63) is 210 Å². The molecule has 63 heavy (non-hydrogen) atoms. The fourth-order valence-electron chi connectivity index (χ4n) is 8.95. The Morgan fingerprint density at radius 1 is 0.381 bits per heavy atom. The van der Waals surface area contributed by atoms with Crippen LogP contribution in [0.1, 0.15) is 33.8 Å². The smallest absolute Gasteiger partial charge is 0.137 e. The van der Waals surface area contributed by atoms with Crippen molar-refractivity contribution in [1.29, 1.82) is 0 Å². The molecule has 0 fully saturated rings. The van der Waals surface area contributed by atoms with Gasteiger partial charge in [0.2, 0.25) is 0 Å². The number of furan rings is 2. The van der Waals surface area contributed by atoms with Gasteiger partial charge in [-0.15, -0.1) is 0 Å². The zero-order chi connectivity index (χ0) is 43.2. The van der Waals surface area contributed by atoms with Crippen LogP contribution in [0.4, 0.5) is 17.1 Å². The first-order chi connectivity index (χ1) is 30.7. The molecule has 0 N–H and O–H groups in total. The van der Waals surface area contributed by atoms with Crippen molar-refractivity contribution < 1.29 is 8.83 Å². The molecule has 0 amide bonds. The lowest BCUT2D eigenvalue weighted by Gasteiger charge is -2.29. The van der Waals surface area contributed by atoms with Crippen LogP contribution in [0.2, 0.25) is 0 Å². The zero-order valence-corrected chi connectivity index (χ0v) is 36.4. The molecule has 0 saturated carbocycles. The van der Waals surface area contributed by atoms with Crippen molar-refractivity contribution in [1.82, 2.24) is 9.97 Å². The first-order valence-corrected chi connectivity index (χ1v) is 21.4. The van der Waals surface area contributed by atoms with Crippen LogP contribution in [0.25, 0.3) is 78.2 Å². The molecule has 0 spiro atoms. The summed E-state index contributed by atoms with van der Waals surface area (Å²) in [5.74, 6) is 3.39. The van der Waals surface area contributed by atoms with Crippen molar-refractivity contribution in [3.8, 4) is 67.4 Å². The Morgan fingerprint density at radius 3 is 1.30 bits per heavy atom. The molecule has 0 radical (unpaired) electrons. The Hall–Kier alpha value is -7.76. The normalized spacial score (nSPS) is 11.3. The lowest BCUT2D eigenvalue weighted by Crippen LogP contribution is -2.11. The van der Waals surface area contributed by atoms with E-state index in [1.165, 1.54) is 0 Å². The van der Waals surface area contributed by atoms with Gasteiger partial charge in [0.1, 0.15) is 23.0 Å². The van der Waals surface area contributed by atoms with Crippen molar-refractivity contribution in [2.24, 2.45) is 0 Å². The van der Waals surface area contributed by atoms with Crippen LogP contribution in [-0.2, 0) is 0 Å². The number of nitrogens with zero attached hydrogens (tertiary/aromatic N) is 3. The van der Waals surface area contributed by atoms with Crippen LogP contribution in [0.5, 0.6) is 0 Å². The van der Waals surface area contributed by atoms with E-state index in [2.05, 4.69) is 196 Å². The van der Waals surface area contributed by atoms with Gasteiger partial charge in [-0.2, -0.15) is 0 Å². The first kappa shape index (κ1) is 39.4. The quantitative estimate of drug-likeness (QED) is 0.145. The van der Waals surface area contributed by atoms with Gasteiger partial charge in [-0.3, -0.25) is 9.97 Å². The molecule has 0 aliphatic rings. The largest absolute Gasteiger partial charge is 0.461 e. The first-order valence-electron chi connectivity index (χ1n) is 21.4. The highest BCUT2D eigenvalue weighted by molar-refractivity contribution is 6.00. The molecule has 6 aromatic carbocycles. The molecule has 0 atom stereocenters. The summed E-state index contributed by atoms with van der Waals surface area (Å²) in [6, 6.07) is 58.2. The molecule has 0 unspecified atom stereocenters. The minimum atomic E-state index is 0.831. The van der Waals surface area contributed by atoms with E-state index in [0.717, 1.165) is 129 Å². The van der Waals surface area contributed by atoms with Crippen LogP contribution in [0.15, 0.2) is 185 Å². The fourth-order valence-corrected chi connectivity index (χ4v) is 8.95. The summed E-state index contributed by atoms with van der Waals surface area (Å²) in [7, 11) is 0. The van der Waals surface area contributed by atoms with E-state index in [1.807, 2.05) is 26.2 Å². The summed E-state index contributed by atoms with van der Waals surface area (Å²) in [5, 5.41) is 2.26. The summed E-state index contributed by atoms with van der Waals surface area (Å²) >= 11 is 0. The number of fused-ring (bicyclic) bond motifs is 1. The summed E-state index contributed by atoms with van der Waals surface area (Å²) in [4.78, 5) is 12.5. The Morgan fingerprint density at radius 2 is 0.825 bits per heavy atom. The lowest BCUT2D eigenvalue weighted by atomic mass is 9.96. The van der Waals surface area contributed by atoms with Gasteiger partial charge in [-0.25, -0.2) is 0 Å². The van der Waals surface area contributed by atoms with Gasteiger partial charge in [0.15, 0.2) is 0 Å². The maximum atomic E-state index is 6.49. The zero-order valence-electron chi connectivity index (χ0n) is 36.4. The van der Waals surface area contributed by atoms with Crippen LogP contribution in [0.3, 0.4) is 0 Å². The topological polar surface area (TPSA) is 55.3 Å². The van der Waals surface area contributed by atoms with E-state index in [4.69, 9.17) is 18.8 Å². The van der Waals surface area contributed by atoms with Crippen LogP contribution in [-0.4, -0.2) is 9.97 Å². The lowest BCUT2D eigenvalue weighted by molar-refractivity contribution is 0.547. The molecule has 5 nitrogen and oxygen atoms in total. The fraction of sp³-hybridized carbons (Fsp3) is 0.103. The third kappa shape index (κ3) is 7.63. The van der Waals surface area contributed by atoms with Crippen LogP contribution in [0, 0.1) is 41.5 Å². The maximum Gasteiger partial charge on any atom is 0.137 e. The van der Waals surface area contributed by atoms with Crippen molar-refractivity contribution in [3.63, 3.8) is 0 Å². The molecular formula is C58H47N3O2. The predicted octanol–water partition coefficient (Wildman–Crippen LogP) is 16.1. The average molecular weight is 818 g/mol. The highest BCUT2D eigenvalue weighted by Gasteiger charge is 2.23.